The van der Waals surface area contributed by atoms with Crippen molar-refractivity contribution >= 4 is 22.7 Å². The van der Waals surface area contributed by atoms with Gasteiger partial charge in [-0.25, -0.2) is 9.97 Å². The molecule has 0 amide bonds. The average Bonchev–Trinajstić information content (AvgIpc) is 2.53. The minimum absolute atomic E-state index is 0.562. The van der Waals surface area contributed by atoms with Gasteiger partial charge < -0.3 is 4.74 Å². The smallest absolute Gasteiger partial charge is 0.122 e. The van der Waals surface area contributed by atoms with Crippen molar-refractivity contribution in [1.82, 2.24) is 9.97 Å². The lowest BCUT2D eigenvalue weighted by Crippen LogP contribution is -1.95. The van der Waals surface area contributed by atoms with E-state index in [1.807, 2.05) is 42.7 Å². The molecule has 0 N–H and O–H groups in total. The van der Waals surface area contributed by atoms with Crippen LogP contribution < -0.4 is 4.74 Å². The zero-order chi connectivity index (χ0) is 13.8. The van der Waals surface area contributed by atoms with E-state index in [-0.39, 0.29) is 0 Å². The second-order valence-electron chi connectivity index (χ2n) is 4.34. The lowest BCUT2D eigenvalue weighted by Gasteiger charge is -2.08. The van der Waals surface area contributed by atoms with E-state index < -0.39 is 0 Å². The molecule has 3 nitrogen and oxygen atoms in total. The number of aromatic nitrogens is 2. The lowest BCUT2D eigenvalue weighted by molar-refractivity contribution is 0.306. The highest BCUT2D eigenvalue weighted by Gasteiger charge is 2.04. The third-order valence-corrected chi connectivity index (χ3v) is 3.73. The van der Waals surface area contributed by atoms with Crippen LogP contribution in [0.1, 0.15) is 5.56 Å². The third kappa shape index (κ3) is 2.75. The first kappa shape index (κ1) is 12.9. The Balaban J connectivity index is 1.83. The van der Waals surface area contributed by atoms with Crippen molar-refractivity contribution in [3.05, 3.63) is 60.4 Å². The molecule has 0 aliphatic rings. The fourth-order valence-corrected chi connectivity index (χ4v) is 2.55. The molecule has 2 aromatic carbocycles. The van der Waals surface area contributed by atoms with Crippen molar-refractivity contribution < 1.29 is 4.74 Å². The van der Waals surface area contributed by atoms with Crippen molar-refractivity contribution in [3.63, 3.8) is 0 Å². The van der Waals surface area contributed by atoms with Gasteiger partial charge in [-0.05, 0) is 24.0 Å². The summed E-state index contributed by atoms with van der Waals surface area (Å²) in [5, 5.41) is 2.05. The molecule has 1 aromatic heterocycles. The predicted molar refractivity (Wildman–Crippen MR) is 82.1 cm³/mol. The van der Waals surface area contributed by atoms with E-state index in [0.717, 1.165) is 27.2 Å². The molecule has 4 heteroatoms. The number of fused-ring (bicyclic) bond motifs is 1. The van der Waals surface area contributed by atoms with Gasteiger partial charge in [0.2, 0.25) is 0 Å². The zero-order valence-electron chi connectivity index (χ0n) is 11.1. The van der Waals surface area contributed by atoms with Gasteiger partial charge in [-0.1, -0.05) is 30.3 Å². The van der Waals surface area contributed by atoms with Crippen LogP contribution in [-0.4, -0.2) is 16.2 Å². The Bertz CT molecular complexity index is 716. The molecule has 100 valence electrons. The minimum Gasteiger partial charge on any atom is -0.489 e. The summed E-state index contributed by atoms with van der Waals surface area (Å²) in [6, 6.07) is 16.1. The normalized spacial score (nSPS) is 10.7. The molecule has 0 unspecified atom stereocenters. The van der Waals surface area contributed by atoms with Crippen LogP contribution in [0.2, 0.25) is 0 Å². The van der Waals surface area contributed by atoms with Gasteiger partial charge in [0.25, 0.3) is 0 Å². The first-order chi connectivity index (χ1) is 9.86. The molecule has 3 rings (SSSR count). The Morgan fingerprint density at radius 2 is 1.90 bits per heavy atom. The van der Waals surface area contributed by atoms with Crippen LogP contribution in [0.25, 0.3) is 10.9 Å². The summed E-state index contributed by atoms with van der Waals surface area (Å²) in [6.45, 7) is 0.562. The molecule has 1 heterocycles. The van der Waals surface area contributed by atoms with Crippen molar-refractivity contribution in [1.29, 1.82) is 0 Å². The van der Waals surface area contributed by atoms with E-state index in [9.17, 15) is 0 Å². The van der Waals surface area contributed by atoms with Gasteiger partial charge in [0.05, 0.1) is 5.52 Å². The Labute approximate surface area is 122 Å². The maximum Gasteiger partial charge on any atom is 0.122 e. The second kappa shape index (κ2) is 5.92. The number of rotatable bonds is 4. The van der Waals surface area contributed by atoms with E-state index in [1.165, 1.54) is 0 Å². The van der Waals surface area contributed by atoms with Crippen LogP contribution in [-0.2, 0) is 6.61 Å². The van der Waals surface area contributed by atoms with Gasteiger partial charge in [-0.15, -0.1) is 11.8 Å². The van der Waals surface area contributed by atoms with E-state index in [1.54, 1.807) is 18.1 Å². The summed E-state index contributed by atoms with van der Waals surface area (Å²) in [5.74, 6) is 0.826. The predicted octanol–water partition coefficient (Wildman–Crippen LogP) is 3.93. The molecular weight excluding hydrogens is 268 g/mol. The number of thioether (sulfide) groups is 1. The molecule has 20 heavy (non-hydrogen) atoms. The Hall–Kier alpha value is -2.07. The van der Waals surface area contributed by atoms with Crippen molar-refractivity contribution in [2.45, 2.75) is 11.6 Å². The molecule has 0 spiro atoms. The summed E-state index contributed by atoms with van der Waals surface area (Å²) >= 11 is 1.62. The van der Waals surface area contributed by atoms with E-state index in [4.69, 9.17) is 4.74 Å². The zero-order valence-corrected chi connectivity index (χ0v) is 11.9. The third-order valence-electron chi connectivity index (χ3n) is 3.01. The van der Waals surface area contributed by atoms with Crippen LogP contribution in [0.4, 0.5) is 0 Å². The lowest BCUT2D eigenvalue weighted by atomic mass is 10.2. The molecular formula is C16H14N2OS. The second-order valence-corrected chi connectivity index (χ2v) is 5.13. The quantitative estimate of drug-likeness (QED) is 0.536. The highest BCUT2D eigenvalue weighted by Crippen LogP contribution is 2.26. The maximum absolute atomic E-state index is 5.81. The Morgan fingerprint density at radius 1 is 1.05 bits per heavy atom. The maximum atomic E-state index is 5.81. The number of hydrogen-bond donors (Lipinski definition) is 0. The molecule has 3 aromatic rings. The summed E-state index contributed by atoms with van der Waals surface area (Å²) in [5.41, 5.74) is 2.06. The van der Waals surface area contributed by atoms with Crippen molar-refractivity contribution in [2.75, 3.05) is 6.26 Å². The van der Waals surface area contributed by atoms with Gasteiger partial charge in [-0.2, -0.15) is 0 Å². The van der Waals surface area contributed by atoms with Crippen LogP contribution in [0.5, 0.6) is 5.75 Å². The highest BCUT2D eigenvalue weighted by atomic mass is 32.2. The van der Waals surface area contributed by atoms with E-state index in [2.05, 4.69) is 22.1 Å². The van der Waals surface area contributed by atoms with Gasteiger partial charge in [-0.3, -0.25) is 0 Å². The number of benzene rings is 2. The van der Waals surface area contributed by atoms with E-state index in [0.29, 0.717) is 6.61 Å². The summed E-state index contributed by atoms with van der Waals surface area (Å²) in [7, 11) is 0. The minimum atomic E-state index is 0.562. The fourth-order valence-electron chi connectivity index (χ4n) is 2.01. The van der Waals surface area contributed by atoms with E-state index >= 15 is 0 Å². The number of hydrogen-bond acceptors (Lipinski definition) is 4. The SMILES string of the molecule is CSc1ncnc2cc(OCc3ccccc3)ccc12. The molecule has 0 saturated heterocycles. The fraction of sp³-hybridized carbons (Fsp3) is 0.125. The summed E-state index contributed by atoms with van der Waals surface area (Å²) in [4.78, 5) is 8.56. The first-order valence-corrected chi connectivity index (χ1v) is 7.55. The van der Waals surface area contributed by atoms with Gasteiger partial charge in [0, 0.05) is 11.5 Å². The molecule has 0 radical (unpaired) electrons. The number of nitrogens with zero attached hydrogens (tertiary/aromatic N) is 2. The van der Waals surface area contributed by atoms with Crippen LogP contribution in [0.3, 0.4) is 0 Å². The van der Waals surface area contributed by atoms with Crippen molar-refractivity contribution in [3.8, 4) is 5.75 Å². The Morgan fingerprint density at radius 3 is 2.70 bits per heavy atom. The number of ether oxygens (including phenoxy) is 1. The van der Waals surface area contributed by atoms with Gasteiger partial charge >= 0.3 is 0 Å². The van der Waals surface area contributed by atoms with Crippen LogP contribution in [0, 0.1) is 0 Å². The summed E-state index contributed by atoms with van der Waals surface area (Å²) < 4.78 is 5.81. The molecule has 0 fully saturated rings. The van der Waals surface area contributed by atoms with Crippen molar-refractivity contribution in [2.24, 2.45) is 0 Å². The highest BCUT2D eigenvalue weighted by molar-refractivity contribution is 7.98. The van der Waals surface area contributed by atoms with Gasteiger partial charge in [0.15, 0.2) is 0 Å². The van der Waals surface area contributed by atoms with Crippen LogP contribution in [0.15, 0.2) is 59.9 Å². The van der Waals surface area contributed by atoms with Gasteiger partial charge in [0.1, 0.15) is 23.7 Å². The molecule has 0 aliphatic carbocycles. The first-order valence-electron chi connectivity index (χ1n) is 6.32. The topological polar surface area (TPSA) is 35.0 Å². The summed E-state index contributed by atoms with van der Waals surface area (Å²) in [6.07, 6.45) is 3.61. The Kier molecular flexibility index (Phi) is 3.83. The largest absolute Gasteiger partial charge is 0.489 e. The standard InChI is InChI=1S/C16H14N2OS/c1-20-16-14-8-7-13(9-15(14)17-11-18-16)19-10-12-5-3-2-4-6-12/h2-9,11H,10H2,1H3. The molecule has 0 bridgehead atoms. The average molecular weight is 282 g/mol. The molecule has 0 saturated carbocycles. The monoisotopic (exact) mass is 282 g/mol. The van der Waals surface area contributed by atoms with Crippen LogP contribution >= 0.6 is 11.8 Å². The molecule has 0 atom stereocenters. The molecule has 0 aliphatic heterocycles.